The molecule has 0 saturated carbocycles. The van der Waals surface area contributed by atoms with Crippen LogP contribution in [0.2, 0.25) is 0 Å². The van der Waals surface area contributed by atoms with Crippen LogP contribution in [0.4, 0.5) is 11.4 Å². The maximum Gasteiger partial charge on any atom is 0.270 e. The van der Waals surface area contributed by atoms with Crippen molar-refractivity contribution in [2.45, 2.75) is 24.8 Å². The monoisotopic (exact) mass is 425 g/mol. The standard InChI is InChI=1S/C17H19N3O6S2/c1-12-3-6-16(20(21)22)10-17(12)28(25,26)18-15-5-4-13-7-8-19(27(2,23)24)11-14(13)9-15/h3-6,9-10,18H,7-8,11H2,1-2H3. The number of aryl methyl sites for hydroxylation is 1. The van der Waals surface area contributed by atoms with Gasteiger partial charge in [-0.05, 0) is 42.2 Å². The van der Waals surface area contributed by atoms with Gasteiger partial charge in [0.25, 0.3) is 15.7 Å². The second kappa shape index (κ2) is 7.15. The lowest BCUT2D eigenvalue weighted by molar-refractivity contribution is -0.385. The lowest BCUT2D eigenvalue weighted by Gasteiger charge is -2.27. The minimum atomic E-state index is -4.05. The molecule has 2 aromatic carbocycles. The third kappa shape index (κ3) is 4.16. The third-order valence-corrected chi connectivity index (χ3v) is 7.35. The van der Waals surface area contributed by atoms with Crippen LogP contribution in [-0.4, -0.2) is 38.9 Å². The molecule has 1 N–H and O–H groups in total. The number of fused-ring (bicyclic) bond motifs is 1. The molecule has 0 amide bonds. The van der Waals surface area contributed by atoms with Crippen LogP contribution in [0.25, 0.3) is 0 Å². The van der Waals surface area contributed by atoms with Crippen LogP contribution in [0.5, 0.6) is 0 Å². The first-order chi connectivity index (χ1) is 13.0. The number of hydrogen-bond donors (Lipinski definition) is 1. The average molecular weight is 425 g/mol. The lowest BCUT2D eigenvalue weighted by atomic mass is 10.0. The fourth-order valence-electron chi connectivity index (χ4n) is 3.08. The number of nitrogens with zero attached hydrogens (tertiary/aromatic N) is 2. The summed E-state index contributed by atoms with van der Waals surface area (Å²) in [5.74, 6) is 0. The second-order valence-electron chi connectivity index (χ2n) is 6.64. The predicted molar refractivity (Wildman–Crippen MR) is 104 cm³/mol. The van der Waals surface area contributed by atoms with Gasteiger partial charge >= 0.3 is 0 Å². The van der Waals surface area contributed by atoms with Gasteiger partial charge in [-0.15, -0.1) is 0 Å². The Morgan fingerprint density at radius 2 is 1.79 bits per heavy atom. The van der Waals surface area contributed by atoms with E-state index in [1.54, 1.807) is 25.1 Å². The van der Waals surface area contributed by atoms with Gasteiger partial charge < -0.3 is 0 Å². The quantitative estimate of drug-likeness (QED) is 0.577. The maximum atomic E-state index is 12.7. The highest BCUT2D eigenvalue weighted by atomic mass is 32.2. The number of anilines is 1. The summed E-state index contributed by atoms with van der Waals surface area (Å²) in [6.45, 7) is 2.10. The first-order valence-electron chi connectivity index (χ1n) is 8.32. The van der Waals surface area contributed by atoms with Gasteiger partial charge in [0.1, 0.15) is 0 Å². The Morgan fingerprint density at radius 3 is 2.43 bits per heavy atom. The van der Waals surface area contributed by atoms with E-state index in [9.17, 15) is 26.9 Å². The number of nitrogens with one attached hydrogen (secondary N) is 1. The fourth-order valence-corrected chi connectivity index (χ4v) is 5.19. The summed E-state index contributed by atoms with van der Waals surface area (Å²) in [6.07, 6.45) is 1.68. The molecule has 2 aromatic rings. The minimum absolute atomic E-state index is 0.166. The van der Waals surface area contributed by atoms with E-state index in [0.29, 0.717) is 24.1 Å². The van der Waals surface area contributed by atoms with Crippen LogP contribution in [0, 0.1) is 17.0 Å². The Kier molecular flexibility index (Phi) is 5.17. The molecule has 0 fully saturated rings. The van der Waals surface area contributed by atoms with Gasteiger partial charge in [0.2, 0.25) is 10.0 Å². The molecule has 0 saturated heterocycles. The number of nitro benzene ring substituents is 1. The van der Waals surface area contributed by atoms with Crippen molar-refractivity contribution in [3.8, 4) is 0 Å². The lowest BCUT2D eigenvalue weighted by Crippen LogP contribution is -2.35. The minimum Gasteiger partial charge on any atom is -0.280 e. The van der Waals surface area contributed by atoms with E-state index in [4.69, 9.17) is 0 Å². The molecule has 28 heavy (non-hydrogen) atoms. The zero-order valence-electron chi connectivity index (χ0n) is 15.2. The molecule has 150 valence electrons. The van der Waals surface area contributed by atoms with Crippen molar-refractivity contribution in [1.82, 2.24) is 4.31 Å². The summed E-state index contributed by atoms with van der Waals surface area (Å²) in [4.78, 5) is 10.1. The Morgan fingerprint density at radius 1 is 1.07 bits per heavy atom. The van der Waals surface area contributed by atoms with Crippen LogP contribution in [0.3, 0.4) is 0 Å². The molecule has 0 atom stereocenters. The Balaban J connectivity index is 1.92. The summed E-state index contributed by atoms with van der Waals surface area (Å²) in [7, 11) is -7.40. The molecular weight excluding hydrogens is 406 g/mol. The van der Waals surface area contributed by atoms with Crippen LogP contribution in [0.15, 0.2) is 41.3 Å². The molecule has 0 bridgehead atoms. The molecule has 0 aliphatic carbocycles. The van der Waals surface area contributed by atoms with E-state index in [1.165, 1.54) is 16.4 Å². The number of nitro groups is 1. The van der Waals surface area contributed by atoms with Gasteiger partial charge in [0.15, 0.2) is 0 Å². The van der Waals surface area contributed by atoms with Crippen molar-refractivity contribution in [2.75, 3.05) is 17.5 Å². The molecule has 11 heteroatoms. The van der Waals surface area contributed by atoms with Gasteiger partial charge in [0, 0.05) is 30.9 Å². The number of hydrogen-bond acceptors (Lipinski definition) is 6. The molecule has 3 rings (SSSR count). The smallest absolute Gasteiger partial charge is 0.270 e. The van der Waals surface area contributed by atoms with E-state index in [-0.39, 0.29) is 22.8 Å². The number of benzene rings is 2. The highest BCUT2D eigenvalue weighted by molar-refractivity contribution is 7.92. The van der Waals surface area contributed by atoms with Gasteiger partial charge in [0.05, 0.1) is 16.1 Å². The van der Waals surface area contributed by atoms with E-state index in [0.717, 1.165) is 17.9 Å². The SMILES string of the molecule is Cc1ccc([N+](=O)[O-])cc1S(=O)(=O)Nc1ccc2c(c1)CN(S(C)(=O)=O)CC2. The first-order valence-corrected chi connectivity index (χ1v) is 11.7. The summed E-state index contributed by atoms with van der Waals surface area (Å²) < 4.78 is 52.8. The van der Waals surface area contributed by atoms with Crippen molar-refractivity contribution in [3.05, 3.63) is 63.2 Å². The van der Waals surface area contributed by atoms with Crippen molar-refractivity contribution >= 4 is 31.4 Å². The zero-order chi connectivity index (χ0) is 20.7. The summed E-state index contributed by atoms with van der Waals surface area (Å²) in [6, 6.07) is 8.58. The van der Waals surface area contributed by atoms with E-state index in [1.807, 2.05) is 0 Å². The van der Waals surface area contributed by atoms with Crippen molar-refractivity contribution in [1.29, 1.82) is 0 Å². The van der Waals surface area contributed by atoms with Crippen LogP contribution in [0.1, 0.15) is 16.7 Å². The van der Waals surface area contributed by atoms with Crippen LogP contribution in [-0.2, 0) is 33.0 Å². The van der Waals surface area contributed by atoms with Crippen molar-refractivity contribution in [3.63, 3.8) is 0 Å². The van der Waals surface area contributed by atoms with Crippen molar-refractivity contribution in [2.24, 2.45) is 0 Å². The number of rotatable bonds is 5. The Hall–Kier alpha value is -2.50. The molecule has 0 aromatic heterocycles. The number of non-ortho nitro benzene ring substituents is 1. The number of sulfonamides is 2. The molecule has 9 nitrogen and oxygen atoms in total. The average Bonchev–Trinajstić information content (AvgIpc) is 2.60. The summed E-state index contributed by atoms with van der Waals surface area (Å²) in [5.41, 5.74) is 1.99. The van der Waals surface area contributed by atoms with Gasteiger partial charge in [-0.3, -0.25) is 14.8 Å². The van der Waals surface area contributed by atoms with E-state index in [2.05, 4.69) is 4.72 Å². The largest absolute Gasteiger partial charge is 0.280 e. The first kappa shape index (κ1) is 20.2. The molecule has 1 aliphatic rings. The molecule has 0 radical (unpaired) electrons. The summed E-state index contributed by atoms with van der Waals surface area (Å²) in [5, 5.41) is 11.0. The second-order valence-corrected chi connectivity index (χ2v) is 10.3. The van der Waals surface area contributed by atoms with E-state index >= 15 is 0 Å². The Labute approximate surface area is 163 Å². The van der Waals surface area contributed by atoms with Crippen LogP contribution < -0.4 is 4.72 Å². The maximum absolute atomic E-state index is 12.7. The summed E-state index contributed by atoms with van der Waals surface area (Å²) >= 11 is 0. The van der Waals surface area contributed by atoms with Gasteiger partial charge in [-0.25, -0.2) is 16.8 Å². The highest BCUT2D eigenvalue weighted by Crippen LogP contribution is 2.27. The molecule has 0 spiro atoms. The molecule has 1 aliphatic heterocycles. The van der Waals surface area contributed by atoms with Crippen molar-refractivity contribution < 1.29 is 21.8 Å². The highest BCUT2D eigenvalue weighted by Gasteiger charge is 2.25. The molecular formula is C17H19N3O6S2. The predicted octanol–water partition coefficient (Wildman–Crippen LogP) is 2.02. The van der Waals surface area contributed by atoms with Gasteiger partial charge in [-0.1, -0.05) is 12.1 Å². The van der Waals surface area contributed by atoms with Crippen LogP contribution >= 0.6 is 0 Å². The molecule has 0 unspecified atom stereocenters. The normalized spacial score (nSPS) is 15.1. The van der Waals surface area contributed by atoms with E-state index < -0.39 is 25.0 Å². The topological polar surface area (TPSA) is 127 Å². The van der Waals surface area contributed by atoms with Gasteiger partial charge in [-0.2, -0.15) is 4.31 Å². The third-order valence-electron chi connectivity index (χ3n) is 4.58. The fraction of sp³-hybridized carbons (Fsp3) is 0.294. The molecule has 1 heterocycles. The zero-order valence-corrected chi connectivity index (χ0v) is 16.9. The Bertz CT molecular complexity index is 1160.